The van der Waals surface area contributed by atoms with Crippen LogP contribution in [0.3, 0.4) is 0 Å². The number of piperidine rings is 1. The Hall–Kier alpha value is -1.00. The largest absolute Gasteiger partial charge is 0.312 e. The maximum Gasteiger partial charge on any atom is 0.229 e. The van der Waals surface area contributed by atoms with E-state index in [1.165, 1.54) is 18.4 Å². The molecule has 1 aromatic rings. The Kier molecular flexibility index (Phi) is 4.51. The third-order valence-corrected chi connectivity index (χ3v) is 5.57. The van der Waals surface area contributed by atoms with Gasteiger partial charge in [0.2, 0.25) is 5.91 Å². The lowest BCUT2D eigenvalue weighted by Crippen LogP contribution is -2.43. The molecule has 1 saturated carbocycles. The summed E-state index contributed by atoms with van der Waals surface area (Å²) in [5, 5.41) is 0. The highest BCUT2D eigenvalue weighted by atomic mass is 32.2. The van der Waals surface area contributed by atoms with Gasteiger partial charge in [-0.1, -0.05) is 37.9 Å². The van der Waals surface area contributed by atoms with E-state index in [1.807, 2.05) is 11.8 Å². The molecular formula is C18H26N2OS. The van der Waals surface area contributed by atoms with Crippen LogP contribution in [0.5, 0.6) is 0 Å². The van der Waals surface area contributed by atoms with Gasteiger partial charge in [0.25, 0.3) is 0 Å². The van der Waals surface area contributed by atoms with Crippen molar-refractivity contribution in [3.63, 3.8) is 0 Å². The minimum absolute atomic E-state index is 0.143. The lowest BCUT2D eigenvalue weighted by atomic mass is 9.90. The Morgan fingerprint density at radius 1 is 1.27 bits per heavy atom. The molecule has 2 aliphatic rings. The van der Waals surface area contributed by atoms with Crippen molar-refractivity contribution in [1.29, 1.82) is 0 Å². The summed E-state index contributed by atoms with van der Waals surface area (Å²) in [6.45, 7) is 6.16. The van der Waals surface area contributed by atoms with Crippen LogP contribution in [0.4, 0.5) is 5.69 Å². The lowest BCUT2D eigenvalue weighted by Gasteiger charge is -2.34. The first kappa shape index (κ1) is 15.9. The third kappa shape index (κ3) is 3.04. The smallest absolute Gasteiger partial charge is 0.229 e. The van der Waals surface area contributed by atoms with Crippen LogP contribution in [-0.2, 0) is 10.2 Å². The number of amides is 1. The quantitative estimate of drug-likeness (QED) is 0.842. The van der Waals surface area contributed by atoms with E-state index in [-0.39, 0.29) is 11.8 Å². The molecule has 0 aromatic heterocycles. The highest BCUT2D eigenvalue weighted by Crippen LogP contribution is 2.48. The molecular weight excluding hydrogens is 292 g/mol. The number of benzene rings is 1. The highest BCUT2D eigenvalue weighted by molar-refractivity contribution is 7.96. The van der Waals surface area contributed by atoms with Crippen molar-refractivity contribution >= 4 is 23.5 Å². The number of anilines is 1. The molecule has 1 heterocycles. The van der Waals surface area contributed by atoms with Gasteiger partial charge in [-0.15, -0.1) is 0 Å². The number of rotatable bonds is 5. The molecule has 2 fully saturated rings. The van der Waals surface area contributed by atoms with Crippen LogP contribution in [-0.4, -0.2) is 25.3 Å². The van der Waals surface area contributed by atoms with Gasteiger partial charge in [0.15, 0.2) is 0 Å². The van der Waals surface area contributed by atoms with Crippen molar-refractivity contribution in [3.8, 4) is 0 Å². The number of hydrogen-bond acceptors (Lipinski definition) is 3. The van der Waals surface area contributed by atoms with Crippen LogP contribution in [0.1, 0.15) is 38.7 Å². The monoisotopic (exact) mass is 318 g/mol. The summed E-state index contributed by atoms with van der Waals surface area (Å²) < 4.78 is 3.40. The summed E-state index contributed by atoms with van der Waals surface area (Å²) >= 11 is 1.69. The molecule has 2 unspecified atom stereocenters. The Morgan fingerprint density at radius 3 is 2.55 bits per heavy atom. The summed E-state index contributed by atoms with van der Waals surface area (Å²) in [5.74, 6) is 0.993. The van der Waals surface area contributed by atoms with E-state index < -0.39 is 0 Å². The molecule has 4 heteroatoms. The Morgan fingerprint density at radius 2 is 1.95 bits per heavy atom. The van der Waals surface area contributed by atoms with Crippen molar-refractivity contribution in [2.75, 3.05) is 24.2 Å². The molecule has 0 spiro atoms. The zero-order chi connectivity index (χ0) is 15.7. The summed E-state index contributed by atoms with van der Waals surface area (Å²) in [6, 6.07) is 8.72. The van der Waals surface area contributed by atoms with Crippen LogP contribution in [0.15, 0.2) is 24.3 Å². The molecule has 3 rings (SSSR count). The predicted molar refractivity (Wildman–Crippen MR) is 94.2 cm³/mol. The van der Waals surface area contributed by atoms with Gasteiger partial charge >= 0.3 is 0 Å². The van der Waals surface area contributed by atoms with Crippen molar-refractivity contribution in [1.82, 2.24) is 4.72 Å². The van der Waals surface area contributed by atoms with Gasteiger partial charge in [-0.3, -0.25) is 9.52 Å². The molecule has 1 aliphatic carbocycles. The first-order valence-corrected chi connectivity index (χ1v) is 9.46. The minimum atomic E-state index is 0.143. The van der Waals surface area contributed by atoms with E-state index in [2.05, 4.69) is 42.2 Å². The Balaban J connectivity index is 1.75. The normalized spacial score (nSPS) is 27.0. The molecule has 22 heavy (non-hydrogen) atoms. The number of hydrogen-bond donors (Lipinski definition) is 1. The molecule has 1 aliphatic heterocycles. The average Bonchev–Trinajstić information content (AvgIpc) is 3.30. The fourth-order valence-electron chi connectivity index (χ4n) is 3.60. The second kappa shape index (κ2) is 6.25. The van der Waals surface area contributed by atoms with E-state index in [0.29, 0.717) is 11.3 Å². The van der Waals surface area contributed by atoms with Crippen LogP contribution in [0, 0.1) is 11.8 Å². The number of carbonyl (C=O) groups excluding carboxylic acids is 1. The summed E-state index contributed by atoms with van der Waals surface area (Å²) in [7, 11) is 0. The van der Waals surface area contributed by atoms with Crippen molar-refractivity contribution < 1.29 is 4.79 Å². The molecule has 0 radical (unpaired) electrons. The first-order valence-electron chi connectivity index (χ1n) is 8.23. The minimum Gasteiger partial charge on any atom is -0.312 e. The molecule has 1 aromatic carbocycles. The highest BCUT2D eigenvalue weighted by Gasteiger charge is 2.43. The summed E-state index contributed by atoms with van der Waals surface area (Å²) in [5.41, 5.74) is 2.79. The van der Waals surface area contributed by atoms with Crippen LogP contribution in [0.25, 0.3) is 0 Å². The second-order valence-electron chi connectivity index (χ2n) is 7.04. The van der Waals surface area contributed by atoms with Gasteiger partial charge in [0.1, 0.15) is 0 Å². The predicted octanol–water partition coefficient (Wildman–Crippen LogP) is 3.59. The number of carbonyl (C=O) groups is 1. The van der Waals surface area contributed by atoms with Gasteiger partial charge in [-0.25, -0.2) is 0 Å². The van der Waals surface area contributed by atoms with E-state index in [9.17, 15) is 4.79 Å². The van der Waals surface area contributed by atoms with Gasteiger partial charge < -0.3 is 4.90 Å². The molecule has 120 valence electrons. The van der Waals surface area contributed by atoms with Crippen molar-refractivity contribution in [2.45, 2.75) is 38.5 Å². The first-order chi connectivity index (χ1) is 10.6. The van der Waals surface area contributed by atoms with Gasteiger partial charge in [-0.05, 0) is 49.1 Å². The van der Waals surface area contributed by atoms with E-state index in [0.717, 1.165) is 25.2 Å². The maximum atomic E-state index is 12.4. The van der Waals surface area contributed by atoms with Gasteiger partial charge in [0, 0.05) is 30.1 Å². The fourth-order valence-corrected chi connectivity index (χ4v) is 4.02. The SMILES string of the molecule is CSNCC1(c2ccc(N3CC(C)CC(C)C3=O)cc2)CC1. The Labute approximate surface area is 138 Å². The van der Waals surface area contributed by atoms with Crippen molar-refractivity contribution in [3.05, 3.63) is 29.8 Å². The van der Waals surface area contributed by atoms with Crippen molar-refractivity contribution in [2.24, 2.45) is 11.8 Å². The van der Waals surface area contributed by atoms with Gasteiger partial charge in [0.05, 0.1) is 0 Å². The lowest BCUT2D eigenvalue weighted by molar-refractivity contribution is -0.123. The molecule has 3 nitrogen and oxygen atoms in total. The second-order valence-corrected chi connectivity index (χ2v) is 7.74. The number of nitrogens with one attached hydrogen (secondary N) is 1. The van der Waals surface area contributed by atoms with Crippen LogP contribution in [0.2, 0.25) is 0 Å². The van der Waals surface area contributed by atoms with Crippen LogP contribution < -0.4 is 9.62 Å². The molecule has 1 N–H and O–H groups in total. The summed E-state index contributed by atoms with van der Waals surface area (Å²) in [6.07, 6.45) is 5.60. The van der Waals surface area contributed by atoms with Crippen LogP contribution >= 0.6 is 11.9 Å². The number of nitrogens with zero attached hydrogens (tertiary/aromatic N) is 1. The van der Waals surface area contributed by atoms with E-state index in [4.69, 9.17) is 0 Å². The third-order valence-electron chi connectivity index (χ3n) is 5.14. The molecule has 1 saturated heterocycles. The Bertz CT molecular complexity index is 539. The average molecular weight is 318 g/mol. The van der Waals surface area contributed by atoms with E-state index in [1.54, 1.807) is 11.9 Å². The zero-order valence-electron chi connectivity index (χ0n) is 13.8. The standard InChI is InChI=1S/C18H26N2OS/c1-13-10-14(2)17(21)20(11-13)16-6-4-15(5-7-16)18(8-9-18)12-19-22-3/h4-7,13-14,19H,8-12H2,1-3H3. The zero-order valence-corrected chi connectivity index (χ0v) is 14.6. The van der Waals surface area contributed by atoms with Gasteiger partial charge in [-0.2, -0.15) is 0 Å². The fraction of sp³-hybridized carbons (Fsp3) is 0.611. The topological polar surface area (TPSA) is 32.3 Å². The maximum absolute atomic E-state index is 12.4. The summed E-state index contributed by atoms with van der Waals surface area (Å²) in [4.78, 5) is 14.4. The van der Waals surface area contributed by atoms with E-state index >= 15 is 0 Å². The molecule has 2 atom stereocenters. The molecule has 1 amide bonds. The molecule has 0 bridgehead atoms.